The molecule has 2 rings (SSSR count). The van der Waals surface area contributed by atoms with Crippen LogP contribution >= 0.6 is 0 Å². The predicted octanol–water partition coefficient (Wildman–Crippen LogP) is 0.783. The number of carboxylic acid groups (broad SMARTS) is 1. The van der Waals surface area contributed by atoms with Crippen molar-refractivity contribution in [3.05, 3.63) is 0 Å². The zero-order valence-corrected chi connectivity index (χ0v) is 12.9. The fourth-order valence-corrected chi connectivity index (χ4v) is 2.96. The fourth-order valence-electron chi connectivity index (χ4n) is 2.96. The van der Waals surface area contributed by atoms with E-state index in [1.54, 1.807) is 12.0 Å². The fraction of sp³-hybridized carbons (Fsp3) is 0.857. The van der Waals surface area contributed by atoms with Crippen LogP contribution in [0.3, 0.4) is 0 Å². The van der Waals surface area contributed by atoms with Crippen LogP contribution in [0.15, 0.2) is 0 Å². The van der Waals surface area contributed by atoms with E-state index in [0.29, 0.717) is 19.6 Å². The molecule has 1 N–H and O–H groups in total. The van der Waals surface area contributed by atoms with Crippen LogP contribution in [0.5, 0.6) is 0 Å². The van der Waals surface area contributed by atoms with Gasteiger partial charge in [0.2, 0.25) is 0 Å². The van der Waals surface area contributed by atoms with Gasteiger partial charge in [0, 0.05) is 13.7 Å². The highest BCUT2D eigenvalue weighted by atomic mass is 16.5. The Morgan fingerprint density at radius 1 is 1.14 bits per heavy atom. The second-order valence-corrected chi connectivity index (χ2v) is 6.45. The minimum Gasteiger partial charge on any atom is -0.480 e. The van der Waals surface area contributed by atoms with Crippen molar-refractivity contribution in [3.8, 4) is 0 Å². The molecule has 0 aromatic rings. The number of carbonyl (C=O) groups excluding carboxylic acids is 1. The Kier molecular flexibility index (Phi) is 4.43. The predicted molar refractivity (Wildman–Crippen MR) is 75.2 cm³/mol. The topological polar surface area (TPSA) is 79.3 Å². The Morgan fingerprint density at radius 2 is 1.76 bits per heavy atom. The summed E-state index contributed by atoms with van der Waals surface area (Å²) >= 11 is 0. The summed E-state index contributed by atoms with van der Waals surface area (Å²) in [6, 6.07) is -0.0191. The number of hydrogen-bond donors (Lipinski definition) is 1. The molecule has 0 radical (unpaired) electrons. The summed E-state index contributed by atoms with van der Waals surface area (Å²) in [5.41, 5.74) is -0.823. The lowest BCUT2D eigenvalue weighted by molar-refractivity contribution is -0.160. The van der Waals surface area contributed by atoms with E-state index in [-0.39, 0.29) is 18.2 Å². The van der Waals surface area contributed by atoms with Gasteiger partial charge in [0.05, 0.1) is 25.2 Å². The third kappa shape index (κ3) is 3.65. The molecule has 1 atom stereocenters. The molecule has 120 valence electrons. The lowest BCUT2D eigenvalue weighted by Gasteiger charge is -2.50. The molecule has 2 heterocycles. The highest BCUT2D eigenvalue weighted by Gasteiger charge is 2.45. The number of urea groups is 1. The van der Waals surface area contributed by atoms with Crippen LogP contribution in [0.1, 0.15) is 26.7 Å². The number of likely N-dealkylation sites (tertiary alicyclic amines) is 2. The largest absolute Gasteiger partial charge is 0.480 e. The first-order valence-corrected chi connectivity index (χ1v) is 7.22. The molecule has 0 aromatic carbocycles. The molecule has 0 bridgehead atoms. The standard InChI is InChI=1S/C14H24N2O5/c1-13(20-3)5-4-6-15(8-13)12(19)16-9-14(2,10-16)21-7-11(17)18/h4-10H2,1-3H3,(H,17,18). The molecule has 2 aliphatic heterocycles. The van der Waals surface area contributed by atoms with E-state index < -0.39 is 11.6 Å². The van der Waals surface area contributed by atoms with E-state index in [4.69, 9.17) is 14.6 Å². The number of hydrogen-bond acceptors (Lipinski definition) is 4. The number of piperidine rings is 1. The summed E-state index contributed by atoms with van der Waals surface area (Å²) in [6.45, 7) is 5.70. The van der Waals surface area contributed by atoms with Gasteiger partial charge in [0.1, 0.15) is 12.2 Å². The maximum absolute atomic E-state index is 12.4. The van der Waals surface area contributed by atoms with E-state index in [1.807, 2.05) is 18.7 Å². The van der Waals surface area contributed by atoms with Gasteiger partial charge >= 0.3 is 12.0 Å². The van der Waals surface area contributed by atoms with E-state index in [2.05, 4.69) is 0 Å². The van der Waals surface area contributed by atoms with Gasteiger partial charge < -0.3 is 24.4 Å². The van der Waals surface area contributed by atoms with Crippen molar-refractivity contribution >= 4 is 12.0 Å². The number of aliphatic carboxylic acids is 1. The number of nitrogens with zero attached hydrogens (tertiary/aromatic N) is 2. The molecular weight excluding hydrogens is 276 g/mol. The Labute approximate surface area is 124 Å². The minimum absolute atomic E-state index is 0.0191. The number of carboxylic acids is 1. The summed E-state index contributed by atoms with van der Waals surface area (Å²) in [4.78, 5) is 26.5. The van der Waals surface area contributed by atoms with Crippen LogP contribution in [0, 0.1) is 0 Å². The third-order valence-electron chi connectivity index (χ3n) is 4.29. The van der Waals surface area contributed by atoms with Crippen LogP contribution < -0.4 is 0 Å². The Balaban J connectivity index is 1.84. The molecule has 21 heavy (non-hydrogen) atoms. The third-order valence-corrected chi connectivity index (χ3v) is 4.29. The zero-order valence-electron chi connectivity index (χ0n) is 12.9. The van der Waals surface area contributed by atoms with Gasteiger partial charge in [-0.25, -0.2) is 9.59 Å². The highest BCUT2D eigenvalue weighted by molar-refractivity contribution is 5.76. The maximum atomic E-state index is 12.4. The van der Waals surface area contributed by atoms with E-state index in [9.17, 15) is 9.59 Å². The van der Waals surface area contributed by atoms with Crippen molar-refractivity contribution < 1.29 is 24.2 Å². The summed E-state index contributed by atoms with van der Waals surface area (Å²) in [5, 5.41) is 8.63. The first kappa shape index (κ1) is 16.0. The van der Waals surface area contributed by atoms with Gasteiger partial charge in [0.15, 0.2) is 0 Å². The molecule has 0 saturated carbocycles. The summed E-state index contributed by atoms with van der Waals surface area (Å²) in [5.74, 6) is -0.993. The molecule has 7 heteroatoms. The van der Waals surface area contributed by atoms with Gasteiger partial charge in [-0.15, -0.1) is 0 Å². The van der Waals surface area contributed by atoms with Crippen molar-refractivity contribution in [2.24, 2.45) is 0 Å². The van der Waals surface area contributed by atoms with Gasteiger partial charge in [-0.05, 0) is 26.7 Å². The van der Waals surface area contributed by atoms with Gasteiger partial charge in [-0.3, -0.25) is 0 Å². The second kappa shape index (κ2) is 5.81. The zero-order chi connectivity index (χ0) is 15.7. The number of methoxy groups -OCH3 is 1. The molecule has 2 aliphatic rings. The average molecular weight is 300 g/mol. The van der Waals surface area contributed by atoms with Gasteiger partial charge in [-0.2, -0.15) is 0 Å². The highest BCUT2D eigenvalue weighted by Crippen LogP contribution is 2.29. The van der Waals surface area contributed by atoms with E-state index in [0.717, 1.165) is 19.4 Å². The smallest absolute Gasteiger partial charge is 0.329 e. The normalized spacial score (nSPS) is 28.1. The number of rotatable bonds is 4. The molecule has 2 saturated heterocycles. The second-order valence-electron chi connectivity index (χ2n) is 6.45. The monoisotopic (exact) mass is 300 g/mol. The molecule has 0 spiro atoms. The van der Waals surface area contributed by atoms with Crippen LogP contribution in [-0.2, 0) is 14.3 Å². The summed E-state index contributed by atoms with van der Waals surface area (Å²) in [7, 11) is 1.68. The van der Waals surface area contributed by atoms with Crippen LogP contribution in [0.4, 0.5) is 4.79 Å². The first-order valence-electron chi connectivity index (χ1n) is 7.22. The molecule has 0 aliphatic carbocycles. The molecule has 2 amide bonds. The number of carbonyl (C=O) groups is 2. The molecule has 1 unspecified atom stereocenters. The van der Waals surface area contributed by atoms with Crippen molar-refractivity contribution in [3.63, 3.8) is 0 Å². The Morgan fingerprint density at radius 3 is 2.33 bits per heavy atom. The minimum atomic E-state index is -0.993. The van der Waals surface area contributed by atoms with E-state index in [1.165, 1.54) is 0 Å². The quantitative estimate of drug-likeness (QED) is 0.830. The first-order chi connectivity index (χ1) is 9.77. The SMILES string of the molecule is COC1(C)CCCN(C(=O)N2CC(C)(OCC(=O)O)C2)C1. The van der Waals surface area contributed by atoms with Crippen LogP contribution in [0.25, 0.3) is 0 Å². The van der Waals surface area contributed by atoms with E-state index >= 15 is 0 Å². The van der Waals surface area contributed by atoms with Crippen molar-refractivity contribution in [1.82, 2.24) is 9.80 Å². The molecule has 0 aromatic heterocycles. The van der Waals surface area contributed by atoms with Crippen LogP contribution in [0.2, 0.25) is 0 Å². The van der Waals surface area contributed by atoms with Crippen molar-refractivity contribution in [2.45, 2.75) is 37.9 Å². The molecule has 2 fully saturated rings. The molecular formula is C14H24N2O5. The summed E-state index contributed by atoms with van der Waals surface area (Å²) < 4.78 is 10.8. The lowest BCUT2D eigenvalue weighted by atomic mass is 9.94. The van der Waals surface area contributed by atoms with Crippen molar-refractivity contribution in [1.29, 1.82) is 0 Å². The van der Waals surface area contributed by atoms with Gasteiger partial charge in [0.25, 0.3) is 0 Å². The van der Waals surface area contributed by atoms with Crippen molar-refractivity contribution in [2.75, 3.05) is 39.9 Å². The average Bonchev–Trinajstić information content (AvgIpc) is 2.41. The number of ether oxygens (including phenoxy) is 2. The Bertz CT molecular complexity index is 422. The maximum Gasteiger partial charge on any atom is 0.329 e. The number of amides is 2. The Hall–Kier alpha value is -1.34. The molecule has 7 nitrogen and oxygen atoms in total. The lowest BCUT2D eigenvalue weighted by Crippen LogP contribution is -2.67. The summed E-state index contributed by atoms with van der Waals surface area (Å²) in [6.07, 6.45) is 1.88. The van der Waals surface area contributed by atoms with Crippen LogP contribution in [-0.4, -0.2) is 78.0 Å². The van der Waals surface area contributed by atoms with Gasteiger partial charge in [-0.1, -0.05) is 0 Å².